The molecule has 1 aromatic carbocycles. The Labute approximate surface area is 106 Å². The van der Waals surface area contributed by atoms with Gasteiger partial charge in [0.25, 0.3) is 0 Å². The molecular formula is C14H17NO3. The molecule has 1 aromatic rings. The quantitative estimate of drug-likeness (QED) is 0.858. The fourth-order valence-corrected chi connectivity index (χ4v) is 2.48. The van der Waals surface area contributed by atoms with Crippen LogP contribution >= 0.6 is 0 Å². The first-order valence-electron chi connectivity index (χ1n) is 6.08. The van der Waals surface area contributed by atoms with E-state index < -0.39 is 17.3 Å². The van der Waals surface area contributed by atoms with Gasteiger partial charge in [-0.05, 0) is 24.5 Å². The molecule has 0 bridgehead atoms. The number of hydrogen-bond donors (Lipinski definition) is 2. The highest BCUT2D eigenvalue weighted by Crippen LogP contribution is 2.58. The maximum Gasteiger partial charge on any atom is 0.310 e. The molecule has 2 N–H and O–H groups in total. The number of carbonyl (C=O) groups is 2. The monoisotopic (exact) mass is 247 g/mol. The average Bonchev–Trinajstić information content (AvgIpc) is 3.06. The molecule has 0 spiro atoms. The maximum atomic E-state index is 12.0. The van der Waals surface area contributed by atoms with Crippen LogP contribution < -0.4 is 5.32 Å². The molecule has 1 saturated carbocycles. The third-order valence-electron chi connectivity index (χ3n) is 3.79. The Bertz CT molecular complexity index is 469. The molecule has 2 rings (SSSR count). The van der Waals surface area contributed by atoms with Crippen molar-refractivity contribution in [3.63, 3.8) is 0 Å². The lowest BCUT2D eigenvalue weighted by molar-refractivity contribution is -0.147. The summed E-state index contributed by atoms with van der Waals surface area (Å²) in [4.78, 5) is 23.3. The number of nitrogens with one attached hydrogen (secondary N) is 1. The standard InChI is InChI=1S/C14H17NO3/c1-9(2)14(13(17)18)8-11(14)12(16)15-10-6-4-3-5-7-10/h3-7,9,11H,8H2,1-2H3,(H,15,16)(H,17,18). The Hall–Kier alpha value is -1.84. The Kier molecular flexibility index (Phi) is 3.11. The van der Waals surface area contributed by atoms with Gasteiger partial charge >= 0.3 is 5.97 Å². The zero-order valence-corrected chi connectivity index (χ0v) is 10.5. The van der Waals surface area contributed by atoms with Crippen molar-refractivity contribution in [1.82, 2.24) is 0 Å². The van der Waals surface area contributed by atoms with E-state index >= 15 is 0 Å². The summed E-state index contributed by atoms with van der Waals surface area (Å²) >= 11 is 0. The highest BCUT2D eigenvalue weighted by molar-refractivity contribution is 6.00. The Morgan fingerprint density at radius 1 is 1.33 bits per heavy atom. The van der Waals surface area contributed by atoms with Crippen molar-refractivity contribution in [2.24, 2.45) is 17.3 Å². The topological polar surface area (TPSA) is 66.4 Å². The molecule has 2 unspecified atom stereocenters. The molecule has 1 amide bonds. The molecule has 96 valence electrons. The highest BCUT2D eigenvalue weighted by Gasteiger charge is 2.65. The van der Waals surface area contributed by atoms with Crippen molar-refractivity contribution >= 4 is 17.6 Å². The number of anilines is 1. The molecule has 1 aliphatic rings. The first-order valence-corrected chi connectivity index (χ1v) is 6.08. The molecule has 4 heteroatoms. The van der Waals surface area contributed by atoms with E-state index in [1.165, 1.54) is 0 Å². The van der Waals surface area contributed by atoms with Crippen LogP contribution in [0.1, 0.15) is 20.3 Å². The third kappa shape index (κ3) is 1.98. The second kappa shape index (κ2) is 4.44. The van der Waals surface area contributed by atoms with E-state index in [4.69, 9.17) is 0 Å². The molecule has 1 fully saturated rings. The predicted molar refractivity (Wildman–Crippen MR) is 68.1 cm³/mol. The molecule has 0 aromatic heterocycles. The van der Waals surface area contributed by atoms with E-state index in [9.17, 15) is 14.7 Å². The molecule has 0 radical (unpaired) electrons. The summed E-state index contributed by atoms with van der Waals surface area (Å²) in [5.74, 6) is -1.53. The van der Waals surface area contributed by atoms with Gasteiger partial charge in [0.05, 0.1) is 11.3 Å². The van der Waals surface area contributed by atoms with Crippen LogP contribution in [0.3, 0.4) is 0 Å². The minimum Gasteiger partial charge on any atom is -0.481 e. The van der Waals surface area contributed by atoms with Crippen LogP contribution in [0.2, 0.25) is 0 Å². The van der Waals surface area contributed by atoms with Crippen molar-refractivity contribution in [2.75, 3.05) is 5.32 Å². The number of aliphatic carboxylic acids is 1. The number of hydrogen-bond acceptors (Lipinski definition) is 2. The summed E-state index contributed by atoms with van der Waals surface area (Å²) < 4.78 is 0. The number of amides is 1. The van der Waals surface area contributed by atoms with Crippen LogP contribution in [-0.4, -0.2) is 17.0 Å². The lowest BCUT2D eigenvalue weighted by Crippen LogP contribution is -2.28. The summed E-state index contributed by atoms with van der Waals surface area (Å²) in [6.07, 6.45) is 0.429. The molecule has 0 saturated heterocycles. The first kappa shape index (κ1) is 12.6. The number of benzene rings is 1. The van der Waals surface area contributed by atoms with Crippen LogP contribution in [-0.2, 0) is 9.59 Å². The summed E-state index contributed by atoms with van der Waals surface area (Å²) in [5.41, 5.74) is -0.170. The van der Waals surface area contributed by atoms with Crippen molar-refractivity contribution in [1.29, 1.82) is 0 Å². The second-order valence-corrected chi connectivity index (χ2v) is 5.11. The van der Waals surface area contributed by atoms with E-state index in [0.29, 0.717) is 12.1 Å². The summed E-state index contributed by atoms with van der Waals surface area (Å²) in [5, 5.41) is 12.0. The Balaban J connectivity index is 2.07. The van der Waals surface area contributed by atoms with Gasteiger partial charge in [0, 0.05) is 5.69 Å². The largest absolute Gasteiger partial charge is 0.481 e. The van der Waals surface area contributed by atoms with Gasteiger partial charge in [-0.25, -0.2) is 0 Å². The Morgan fingerprint density at radius 2 is 1.94 bits per heavy atom. The van der Waals surface area contributed by atoms with Gasteiger partial charge < -0.3 is 10.4 Å². The first-order chi connectivity index (χ1) is 8.48. The Morgan fingerprint density at radius 3 is 2.39 bits per heavy atom. The molecule has 0 heterocycles. The van der Waals surface area contributed by atoms with Crippen LogP contribution in [0.4, 0.5) is 5.69 Å². The molecule has 4 nitrogen and oxygen atoms in total. The summed E-state index contributed by atoms with van der Waals surface area (Å²) in [6.45, 7) is 3.70. The average molecular weight is 247 g/mol. The van der Waals surface area contributed by atoms with Gasteiger partial charge in [0.2, 0.25) is 5.91 Å². The maximum absolute atomic E-state index is 12.0. The number of carbonyl (C=O) groups excluding carboxylic acids is 1. The van der Waals surface area contributed by atoms with E-state index in [0.717, 1.165) is 0 Å². The van der Waals surface area contributed by atoms with Gasteiger partial charge in [-0.2, -0.15) is 0 Å². The van der Waals surface area contributed by atoms with E-state index in [2.05, 4.69) is 5.32 Å². The molecule has 0 aliphatic heterocycles. The molecular weight excluding hydrogens is 230 g/mol. The third-order valence-corrected chi connectivity index (χ3v) is 3.79. The van der Waals surface area contributed by atoms with Gasteiger partial charge in [0.1, 0.15) is 0 Å². The van der Waals surface area contributed by atoms with Gasteiger partial charge in [-0.15, -0.1) is 0 Å². The predicted octanol–water partition coefficient (Wildman–Crippen LogP) is 2.37. The van der Waals surface area contributed by atoms with Crippen LogP contribution in [0.15, 0.2) is 30.3 Å². The number of carboxylic acid groups (broad SMARTS) is 1. The fourth-order valence-electron chi connectivity index (χ4n) is 2.48. The van der Waals surface area contributed by atoms with Gasteiger partial charge in [-0.1, -0.05) is 32.0 Å². The lowest BCUT2D eigenvalue weighted by atomic mass is 9.89. The minimum atomic E-state index is -0.876. The van der Waals surface area contributed by atoms with Crippen molar-refractivity contribution in [3.05, 3.63) is 30.3 Å². The zero-order valence-electron chi connectivity index (χ0n) is 10.5. The van der Waals surface area contributed by atoms with Crippen LogP contribution in [0.25, 0.3) is 0 Å². The lowest BCUT2D eigenvalue weighted by Gasteiger charge is -2.16. The molecule has 2 atom stereocenters. The molecule has 18 heavy (non-hydrogen) atoms. The number of para-hydroxylation sites is 1. The van der Waals surface area contributed by atoms with E-state index in [1.807, 2.05) is 32.0 Å². The SMILES string of the molecule is CC(C)C1(C(=O)O)CC1C(=O)Nc1ccccc1. The minimum absolute atomic E-state index is 0.0403. The number of rotatable bonds is 4. The number of carboxylic acids is 1. The summed E-state index contributed by atoms with van der Waals surface area (Å²) in [6, 6.07) is 9.10. The molecule has 1 aliphatic carbocycles. The van der Waals surface area contributed by atoms with E-state index in [-0.39, 0.29) is 11.8 Å². The van der Waals surface area contributed by atoms with Crippen molar-refractivity contribution in [2.45, 2.75) is 20.3 Å². The van der Waals surface area contributed by atoms with Gasteiger partial charge in [0.15, 0.2) is 0 Å². The smallest absolute Gasteiger partial charge is 0.310 e. The second-order valence-electron chi connectivity index (χ2n) is 5.11. The summed E-state index contributed by atoms with van der Waals surface area (Å²) in [7, 11) is 0. The normalized spacial score (nSPS) is 25.8. The van der Waals surface area contributed by atoms with Crippen LogP contribution in [0.5, 0.6) is 0 Å². The van der Waals surface area contributed by atoms with Crippen molar-refractivity contribution in [3.8, 4) is 0 Å². The van der Waals surface area contributed by atoms with Crippen molar-refractivity contribution < 1.29 is 14.7 Å². The zero-order chi connectivity index (χ0) is 13.3. The highest BCUT2D eigenvalue weighted by atomic mass is 16.4. The van der Waals surface area contributed by atoms with Crippen LogP contribution in [0, 0.1) is 17.3 Å². The van der Waals surface area contributed by atoms with E-state index in [1.54, 1.807) is 12.1 Å². The fraction of sp³-hybridized carbons (Fsp3) is 0.429. The van der Waals surface area contributed by atoms with Gasteiger partial charge in [-0.3, -0.25) is 9.59 Å².